The Labute approximate surface area is 121 Å². The van der Waals surface area contributed by atoms with Crippen molar-refractivity contribution in [2.45, 2.75) is 6.92 Å². The van der Waals surface area contributed by atoms with Crippen LogP contribution in [0.4, 0.5) is 0 Å². The van der Waals surface area contributed by atoms with Crippen LogP contribution in [0.25, 0.3) is 6.08 Å². The summed E-state index contributed by atoms with van der Waals surface area (Å²) < 4.78 is 0. The van der Waals surface area contributed by atoms with E-state index in [-0.39, 0.29) is 18.4 Å². The second-order valence-corrected chi connectivity index (χ2v) is 4.49. The van der Waals surface area contributed by atoms with Crippen molar-refractivity contribution in [3.05, 3.63) is 39.9 Å². The summed E-state index contributed by atoms with van der Waals surface area (Å²) in [7, 11) is 0. The summed E-state index contributed by atoms with van der Waals surface area (Å²) in [5.74, 6) is -0.573. The topological polar surface area (TPSA) is 58.2 Å². The molecule has 0 aliphatic carbocycles. The molecule has 0 unspecified atom stereocenters. The third kappa shape index (κ3) is 5.77. The van der Waals surface area contributed by atoms with Gasteiger partial charge < -0.3 is 10.6 Å². The highest BCUT2D eigenvalue weighted by atomic mass is 35.5. The van der Waals surface area contributed by atoms with Crippen LogP contribution in [-0.4, -0.2) is 24.9 Å². The molecule has 0 saturated heterocycles. The molecule has 0 saturated carbocycles. The van der Waals surface area contributed by atoms with Crippen molar-refractivity contribution in [2.24, 2.45) is 0 Å². The molecule has 1 aromatic carbocycles. The quantitative estimate of drug-likeness (QED) is 0.820. The molecule has 2 N–H and O–H groups in total. The van der Waals surface area contributed by atoms with Gasteiger partial charge in [0.2, 0.25) is 11.8 Å². The number of halogens is 2. The number of likely N-dealkylation sites (N-methyl/N-ethyl adjacent to an activating group) is 1. The molecule has 6 heteroatoms. The first-order valence-corrected chi connectivity index (χ1v) is 6.46. The maximum absolute atomic E-state index is 11.4. The lowest BCUT2D eigenvalue weighted by molar-refractivity contribution is -0.123. The summed E-state index contributed by atoms with van der Waals surface area (Å²) in [6.45, 7) is 2.30. The molecule has 2 amide bonds. The van der Waals surface area contributed by atoms with E-state index in [2.05, 4.69) is 10.6 Å². The van der Waals surface area contributed by atoms with Gasteiger partial charge in [-0.3, -0.25) is 9.59 Å². The van der Waals surface area contributed by atoms with E-state index in [1.807, 2.05) is 6.92 Å². The van der Waals surface area contributed by atoms with Gasteiger partial charge in [0.05, 0.1) is 16.6 Å². The molecular weight excluding hydrogens is 287 g/mol. The van der Waals surface area contributed by atoms with E-state index in [9.17, 15) is 9.59 Å². The van der Waals surface area contributed by atoms with Crippen molar-refractivity contribution in [1.82, 2.24) is 10.6 Å². The minimum atomic E-state index is -0.350. The van der Waals surface area contributed by atoms with Crippen molar-refractivity contribution < 1.29 is 9.59 Å². The summed E-state index contributed by atoms with van der Waals surface area (Å²) in [5, 5.41) is 5.93. The zero-order valence-corrected chi connectivity index (χ0v) is 11.9. The maximum Gasteiger partial charge on any atom is 0.244 e. The van der Waals surface area contributed by atoms with Gasteiger partial charge in [0.1, 0.15) is 0 Å². The van der Waals surface area contributed by atoms with Crippen LogP contribution >= 0.6 is 23.2 Å². The number of amides is 2. The number of nitrogens with one attached hydrogen (secondary N) is 2. The predicted molar refractivity (Wildman–Crippen MR) is 77.2 cm³/mol. The smallest absolute Gasteiger partial charge is 0.244 e. The Bertz CT molecular complexity index is 501. The van der Waals surface area contributed by atoms with Crippen LogP contribution in [0, 0.1) is 0 Å². The van der Waals surface area contributed by atoms with Crippen molar-refractivity contribution in [1.29, 1.82) is 0 Å². The van der Waals surface area contributed by atoms with Gasteiger partial charge in [-0.05, 0) is 30.7 Å². The van der Waals surface area contributed by atoms with Crippen LogP contribution in [0.2, 0.25) is 10.0 Å². The van der Waals surface area contributed by atoms with E-state index in [1.165, 1.54) is 6.08 Å². The first-order chi connectivity index (χ1) is 9.02. The van der Waals surface area contributed by atoms with Crippen LogP contribution in [-0.2, 0) is 9.59 Å². The van der Waals surface area contributed by atoms with Gasteiger partial charge in [-0.15, -0.1) is 0 Å². The summed E-state index contributed by atoms with van der Waals surface area (Å²) in [5.41, 5.74) is 0.752. The molecule has 0 fully saturated rings. The normalized spacial score (nSPS) is 10.5. The Morgan fingerprint density at radius 2 is 1.95 bits per heavy atom. The highest BCUT2D eigenvalue weighted by Crippen LogP contribution is 2.22. The van der Waals surface area contributed by atoms with E-state index in [1.54, 1.807) is 24.3 Å². The molecule has 0 radical (unpaired) electrons. The second-order valence-electron chi connectivity index (χ2n) is 3.68. The molecule has 0 atom stereocenters. The summed E-state index contributed by atoms with van der Waals surface area (Å²) >= 11 is 11.6. The van der Waals surface area contributed by atoms with E-state index in [4.69, 9.17) is 23.2 Å². The van der Waals surface area contributed by atoms with Gasteiger partial charge in [-0.1, -0.05) is 29.3 Å². The van der Waals surface area contributed by atoms with E-state index in [0.717, 1.165) is 5.56 Å². The van der Waals surface area contributed by atoms with Crippen molar-refractivity contribution in [2.75, 3.05) is 13.1 Å². The van der Waals surface area contributed by atoms with Crippen LogP contribution in [0.15, 0.2) is 24.3 Å². The Morgan fingerprint density at radius 3 is 2.58 bits per heavy atom. The molecule has 102 valence electrons. The molecule has 0 spiro atoms. The first kappa shape index (κ1) is 15.5. The molecule has 0 aliphatic heterocycles. The van der Waals surface area contributed by atoms with Gasteiger partial charge in [0.15, 0.2) is 0 Å². The second kappa shape index (κ2) is 7.81. The number of hydrogen-bond acceptors (Lipinski definition) is 2. The van der Waals surface area contributed by atoms with Gasteiger partial charge in [0, 0.05) is 12.6 Å². The van der Waals surface area contributed by atoms with E-state index >= 15 is 0 Å². The van der Waals surface area contributed by atoms with E-state index in [0.29, 0.717) is 16.6 Å². The number of carbonyl (C=O) groups is 2. The van der Waals surface area contributed by atoms with Crippen molar-refractivity contribution in [3.8, 4) is 0 Å². The average Bonchev–Trinajstić information content (AvgIpc) is 2.38. The third-order valence-corrected chi connectivity index (χ3v) is 2.91. The third-order valence-electron chi connectivity index (χ3n) is 2.17. The zero-order chi connectivity index (χ0) is 14.3. The number of hydrogen-bond donors (Lipinski definition) is 2. The summed E-state index contributed by atoms with van der Waals surface area (Å²) in [4.78, 5) is 22.6. The fourth-order valence-corrected chi connectivity index (χ4v) is 1.58. The Balaban J connectivity index is 2.49. The number of rotatable bonds is 5. The molecule has 0 aliphatic rings. The summed E-state index contributed by atoms with van der Waals surface area (Å²) in [6.07, 6.45) is 2.92. The Morgan fingerprint density at radius 1 is 1.21 bits per heavy atom. The maximum atomic E-state index is 11.4. The van der Waals surface area contributed by atoms with Crippen molar-refractivity contribution >= 4 is 41.1 Å². The lowest BCUT2D eigenvalue weighted by Gasteiger charge is -2.02. The number of carbonyl (C=O) groups excluding carboxylic acids is 2. The van der Waals surface area contributed by atoms with Gasteiger partial charge in [0.25, 0.3) is 0 Å². The highest BCUT2D eigenvalue weighted by Gasteiger charge is 2.01. The minimum absolute atomic E-state index is 0.0433. The van der Waals surface area contributed by atoms with Crippen molar-refractivity contribution in [3.63, 3.8) is 0 Å². The fraction of sp³-hybridized carbons (Fsp3) is 0.231. The highest BCUT2D eigenvalue weighted by molar-refractivity contribution is 6.42. The van der Waals surface area contributed by atoms with Crippen LogP contribution < -0.4 is 10.6 Å². The largest absolute Gasteiger partial charge is 0.355 e. The number of benzene rings is 1. The molecule has 1 rings (SSSR count). The summed E-state index contributed by atoms with van der Waals surface area (Å²) in [6, 6.07) is 5.04. The van der Waals surface area contributed by atoms with Crippen LogP contribution in [0.1, 0.15) is 12.5 Å². The SMILES string of the molecule is CCNC(=O)CNC(=O)/C=C/c1ccc(Cl)c(Cl)c1. The standard InChI is InChI=1S/C13H14Cl2N2O2/c1-2-16-13(19)8-17-12(18)6-4-9-3-5-10(14)11(15)7-9/h3-7H,2,8H2,1H3,(H,16,19)(H,17,18)/b6-4+. The molecule has 0 bridgehead atoms. The molecule has 4 nitrogen and oxygen atoms in total. The Hall–Kier alpha value is -1.52. The van der Waals surface area contributed by atoms with Crippen LogP contribution in [0.5, 0.6) is 0 Å². The predicted octanol–water partition coefficient (Wildman–Crippen LogP) is 2.26. The first-order valence-electron chi connectivity index (χ1n) is 5.70. The molecule has 0 heterocycles. The van der Waals surface area contributed by atoms with Crippen LogP contribution in [0.3, 0.4) is 0 Å². The van der Waals surface area contributed by atoms with Gasteiger partial charge >= 0.3 is 0 Å². The van der Waals surface area contributed by atoms with Gasteiger partial charge in [-0.25, -0.2) is 0 Å². The lowest BCUT2D eigenvalue weighted by atomic mass is 10.2. The Kier molecular flexibility index (Phi) is 6.39. The van der Waals surface area contributed by atoms with E-state index < -0.39 is 0 Å². The lowest BCUT2D eigenvalue weighted by Crippen LogP contribution is -2.35. The average molecular weight is 301 g/mol. The molecular formula is C13H14Cl2N2O2. The monoisotopic (exact) mass is 300 g/mol. The fourth-order valence-electron chi connectivity index (χ4n) is 1.27. The molecule has 19 heavy (non-hydrogen) atoms. The van der Waals surface area contributed by atoms with Gasteiger partial charge in [-0.2, -0.15) is 0 Å². The zero-order valence-electron chi connectivity index (χ0n) is 10.4. The molecule has 1 aromatic rings. The molecule has 0 aromatic heterocycles. The minimum Gasteiger partial charge on any atom is -0.355 e.